The topological polar surface area (TPSA) is 128 Å². The van der Waals surface area contributed by atoms with Crippen molar-refractivity contribution >= 4 is 16.7 Å². The first-order valence-corrected chi connectivity index (χ1v) is 12.7. The molecule has 216 valence electrons. The zero-order valence-corrected chi connectivity index (χ0v) is 23.6. The summed E-state index contributed by atoms with van der Waals surface area (Å²) in [7, 11) is 7.25. The average Bonchev–Trinajstić information content (AvgIpc) is 3.02. The molecule has 0 radical (unpaired) electrons. The van der Waals surface area contributed by atoms with Gasteiger partial charge >= 0.3 is 5.97 Å². The molecule has 4 aromatic rings. The molecule has 0 aliphatic rings. The van der Waals surface area contributed by atoms with Crippen molar-refractivity contribution in [2.75, 3.05) is 42.2 Å². The molecule has 4 rings (SSSR count). The van der Waals surface area contributed by atoms with Crippen LogP contribution in [-0.2, 0) is 29.2 Å². The van der Waals surface area contributed by atoms with Crippen LogP contribution in [0.2, 0.25) is 0 Å². The minimum absolute atomic E-state index is 0.0509. The molecule has 11 heteroatoms. The van der Waals surface area contributed by atoms with Gasteiger partial charge in [-0.3, -0.25) is 14.3 Å². The molecule has 0 spiro atoms. The quantitative estimate of drug-likeness (QED) is 0.255. The SMILES string of the molecule is COCCn1c(C(=O)OC)c(-c2cc(OC)c(OC)c(OC)c2)c2ccc(OCc3cccc(CO)n3)cc2c1=O. The van der Waals surface area contributed by atoms with E-state index in [2.05, 4.69) is 4.98 Å². The van der Waals surface area contributed by atoms with Crippen LogP contribution >= 0.6 is 0 Å². The Morgan fingerprint density at radius 2 is 1.61 bits per heavy atom. The molecule has 0 unspecified atom stereocenters. The van der Waals surface area contributed by atoms with E-state index in [1.807, 2.05) is 0 Å². The van der Waals surface area contributed by atoms with Crippen molar-refractivity contribution in [2.24, 2.45) is 0 Å². The zero-order valence-electron chi connectivity index (χ0n) is 23.6. The van der Waals surface area contributed by atoms with Crippen LogP contribution in [0.25, 0.3) is 21.9 Å². The van der Waals surface area contributed by atoms with Crippen LogP contribution in [0.3, 0.4) is 0 Å². The van der Waals surface area contributed by atoms with E-state index in [4.69, 9.17) is 28.4 Å². The summed E-state index contributed by atoms with van der Waals surface area (Å²) in [6, 6.07) is 13.7. The van der Waals surface area contributed by atoms with Gasteiger partial charge in [-0.05, 0) is 53.4 Å². The molecule has 0 aliphatic heterocycles. The number of hydrogen-bond acceptors (Lipinski definition) is 10. The van der Waals surface area contributed by atoms with E-state index >= 15 is 0 Å². The number of rotatable bonds is 12. The number of hydrogen-bond donors (Lipinski definition) is 1. The Morgan fingerprint density at radius 1 is 0.902 bits per heavy atom. The molecule has 0 saturated carbocycles. The fourth-order valence-corrected chi connectivity index (χ4v) is 4.60. The highest BCUT2D eigenvalue weighted by molar-refractivity contribution is 6.07. The van der Waals surface area contributed by atoms with E-state index in [1.54, 1.807) is 48.5 Å². The molecule has 2 aromatic heterocycles. The highest BCUT2D eigenvalue weighted by Gasteiger charge is 2.26. The van der Waals surface area contributed by atoms with Crippen LogP contribution < -0.4 is 24.5 Å². The van der Waals surface area contributed by atoms with Crippen molar-refractivity contribution in [3.05, 3.63) is 76.0 Å². The predicted octanol–water partition coefficient (Wildman–Crippen LogP) is 3.59. The zero-order chi connectivity index (χ0) is 29.5. The first-order valence-electron chi connectivity index (χ1n) is 12.7. The van der Waals surface area contributed by atoms with Crippen molar-refractivity contribution in [3.8, 4) is 34.1 Å². The molecule has 0 aliphatic carbocycles. The second-order valence-electron chi connectivity index (χ2n) is 8.85. The van der Waals surface area contributed by atoms with E-state index in [-0.39, 0.29) is 32.1 Å². The summed E-state index contributed by atoms with van der Waals surface area (Å²) in [5.41, 5.74) is 1.75. The van der Waals surface area contributed by atoms with Crippen molar-refractivity contribution in [3.63, 3.8) is 0 Å². The molecular weight excluding hydrogens is 532 g/mol. The summed E-state index contributed by atoms with van der Waals surface area (Å²) in [5.74, 6) is 0.853. The third-order valence-corrected chi connectivity index (χ3v) is 6.51. The van der Waals surface area contributed by atoms with Gasteiger partial charge in [0.1, 0.15) is 18.1 Å². The Morgan fingerprint density at radius 3 is 2.22 bits per heavy atom. The predicted molar refractivity (Wildman–Crippen MR) is 151 cm³/mol. The Balaban J connectivity index is 1.97. The lowest BCUT2D eigenvalue weighted by Gasteiger charge is -2.20. The van der Waals surface area contributed by atoms with Gasteiger partial charge in [0, 0.05) is 19.2 Å². The molecular formula is C30H32N2O9. The Bertz CT molecular complexity index is 1590. The molecule has 0 bridgehead atoms. The highest BCUT2D eigenvalue weighted by Crippen LogP contribution is 2.43. The number of ether oxygens (including phenoxy) is 6. The fraction of sp³-hybridized carbons (Fsp3) is 0.300. The lowest BCUT2D eigenvalue weighted by molar-refractivity contribution is 0.0585. The summed E-state index contributed by atoms with van der Waals surface area (Å²) in [6.45, 7) is 0.206. The second kappa shape index (κ2) is 13.2. The molecule has 2 heterocycles. The lowest BCUT2D eigenvalue weighted by Crippen LogP contribution is -2.29. The number of methoxy groups -OCH3 is 5. The molecule has 2 aromatic carbocycles. The van der Waals surface area contributed by atoms with Crippen LogP contribution in [0.15, 0.2) is 53.3 Å². The smallest absolute Gasteiger partial charge is 0.355 e. The van der Waals surface area contributed by atoms with Crippen molar-refractivity contribution in [1.82, 2.24) is 9.55 Å². The van der Waals surface area contributed by atoms with Gasteiger partial charge in [0.05, 0.1) is 58.4 Å². The van der Waals surface area contributed by atoms with Gasteiger partial charge in [-0.2, -0.15) is 0 Å². The number of benzene rings is 2. The number of nitrogens with zero attached hydrogens (tertiary/aromatic N) is 2. The normalized spacial score (nSPS) is 10.9. The Hall–Kier alpha value is -4.61. The minimum atomic E-state index is -0.695. The van der Waals surface area contributed by atoms with Gasteiger partial charge < -0.3 is 33.5 Å². The number of carbonyl (C=O) groups excluding carboxylic acids is 1. The number of aliphatic hydroxyl groups excluding tert-OH is 1. The lowest BCUT2D eigenvalue weighted by atomic mass is 9.95. The molecule has 41 heavy (non-hydrogen) atoms. The second-order valence-corrected chi connectivity index (χ2v) is 8.85. The van der Waals surface area contributed by atoms with Gasteiger partial charge in [-0.25, -0.2) is 4.79 Å². The van der Waals surface area contributed by atoms with E-state index < -0.39 is 11.5 Å². The first-order chi connectivity index (χ1) is 19.9. The maximum Gasteiger partial charge on any atom is 0.355 e. The van der Waals surface area contributed by atoms with E-state index in [0.29, 0.717) is 56.3 Å². The van der Waals surface area contributed by atoms with E-state index in [0.717, 1.165) is 0 Å². The molecule has 0 saturated heterocycles. The number of fused-ring (bicyclic) bond motifs is 1. The Kier molecular flexibility index (Phi) is 9.43. The molecule has 0 amide bonds. The summed E-state index contributed by atoms with van der Waals surface area (Å²) >= 11 is 0. The number of pyridine rings is 2. The van der Waals surface area contributed by atoms with E-state index in [9.17, 15) is 14.7 Å². The first kappa shape index (κ1) is 29.4. The van der Waals surface area contributed by atoms with Gasteiger partial charge in [0.25, 0.3) is 5.56 Å². The number of aliphatic hydroxyl groups is 1. The summed E-state index contributed by atoms with van der Waals surface area (Å²) in [6.07, 6.45) is 0. The van der Waals surface area contributed by atoms with Gasteiger partial charge in [0.2, 0.25) is 5.75 Å². The molecule has 1 N–H and O–H groups in total. The van der Waals surface area contributed by atoms with Crippen LogP contribution in [0, 0.1) is 0 Å². The van der Waals surface area contributed by atoms with Gasteiger partial charge in [-0.1, -0.05) is 6.07 Å². The third-order valence-electron chi connectivity index (χ3n) is 6.51. The largest absolute Gasteiger partial charge is 0.493 e. The average molecular weight is 565 g/mol. The van der Waals surface area contributed by atoms with Crippen molar-refractivity contribution in [1.29, 1.82) is 0 Å². The maximum atomic E-state index is 13.9. The van der Waals surface area contributed by atoms with Crippen molar-refractivity contribution in [2.45, 2.75) is 19.8 Å². The molecule has 0 fully saturated rings. The standard InChI is InChI=1S/C30H32N2O9/c1-36-12-11-32-27(30(35)40-5)26(18-13-24(37-2)28(39-4)25(14-18)38-3)22-10-9-21(15-23(22)29(32)34)41-17-20-8-6-7-19(16-33)31-20/h6-10,13-15,33H,11-12,16-17H2,1-5H3. The Labute approximate surface area is 236 Å². The number of aromatic nitrogens is 2. The van der Waals surface area contributed by atoms with Crippen LogP contribution in [0.5, 0.6) is 23.0 Å². The summed E-state index contributed by atoms with van der Waals surface area (Å²) in [5, 5.41) is 10.2. The molecule has 0 atom stereocenters. The number of esters is 1. The maximum absolute atomic E-state index is 13.9. The molecule has 11 nitrogen and oxygen atoms in total. The minimum Gasteiger partial charge on any atom is -0.493 e. The highest BCUT2D eigenvalue weighted by atomic mass is 16.5. The van der Waals surface area contributed by atoms with Crippen LogP contribution in [0.4, 0.5) is 0 Å². The summed E-state index contributed by atoms with van der Waals surface area (Å²) in [4.78, 5) is 31.4. The third kappa shape index (κ3) is 5.96. The number of carbonyl (C=O) groups is 1. The van der Waals surface area contributed by atoms with Crippen LogP contribution in [-0.4, -0.2) is 62.8 Å². The van der Waals surface area contributed by atoms with Gasteiger partial charge in [0.15, 0.2) is 11.5 Å². The monoisotopic (exact) mass is 564 g/mol. The van der Waals surface area contributed by atoms with Gasteiger partial charge in [-0.15, -0.1) is 0 Å². The van der Waals surface area contributed by atoms with E-state index in [1.165, 1.54) is 40.1 Å². The van der Waals surface area contributed by atoms with Crippen molar-refractivity contribution < 1.29 is 38.3 Å². The summed E-state index contributed by atoms with van der Waals surface area (Å²) < 4.78 is 34.3. The van der Waals surface area contributed by atoms with Crippen LogP contribution in [0.1, 0.15) is 21.9 Å². The fourth-order valence-electron chi connectivity index (χ4n) is 4.60.